The predicted molar refractivity (Wildman–Crippen MR) is 30.9 cm³/mol. The minimum Gasteiger partial charge on any atom is -0.481 e. The zero-order valence-electron chi connectivity index (χ0n) is 4.43. The zero-order chi connectivity index (χ0) is 6.57. The van der Waals surface area contributed by atoms with Gasteiger partial charge in [-0.3, -0.25) is 9.59 Å². The van der Waals surface area contributed by atoms with E-state index in [4.69, 9.17) is 5.11 Å². The summed E-state index contributed by atoms with van der Waals surface area (Å²) in [5.74, 6) is -0.965. The van der Waals surface area contributed by atoms with Crippen LogP contribution in [0.2, 0.25) is 0 Å². The quantitative estimate of drug-likeness (QED) is 0.578. The standard InChI is InChI=1S/C4H6O3S.Au/c5-3(6)1-2-4(7)8;/h1-2H2,(H,5,6)(H,7,8);. The number of thiol groups is 1. The number of rotatable bonds is 3. The Labute approximate surface area is 73.7 Å². The third-order valence-electron chi connectivity index (χ3n) is 0.553. The summed E-state index contributed by atoms with van der Waals surface area (Å²) in [6.07, 6.45) is -0.110. The molecule has 0 unspecified atom stereocenters. The number of carbonyl (C=O) groups excluding carboxylic acids is 1. The van der Waals surface area contributed by atoms with Gasteiger partial charge >= 0.3 is 5.97 Å². The molecule has 0 saturated heterocycles. The summed E-state index contributed by atoms with van der Waals surface area (Å²) in [5, 5.41) is 7.59. The van der Waals surface area contributed by atoms with E-state index in [1.165, 1.54) is 0 Å². The van der Waals surface area contributed by atoms with Gasteiger partial charge in [0.15, 0.2) is 5.12 Å². The average molecular weight is 331 g/mol. The van der Waals surface area contributed by atoms with E-state index in [0.717, 1.165) is 0 Å². The molecule has 0 aliphatic carbocycles. The van der Waals surface area contributed by atoms with Gasteiger partial charge in [-0.25, -0.2) is 0 Å². The summed E-state index contributed by atoms with van der Waals surface area (Å²) >= 11 is 3.37. The van der Waals surface area contributed by atoms with Gasteiger partial charge in [-0.05, 0) is 0 Å². The summed E-state index contributed by atoms with van der Waals surface area (Å²) in [6.45, 7) is 0. The van der Waals surface area contributed by atoms with Crippen molar-refractivity contribution < 1.29 is 37.1 Å². The minimum atomic E-state index is -0.965. The van der Waals surface area contributed by atoms with Crippen molar-refractivity contribution in [1.82, 2.24) is 0 Å². The molecule has 0 saturated carbocycles. The number of carboxylic acid groups (broad SMARTS) is 1. The molecule has 0 atom stereocenters. The van der Waals surface area contributed by atoms with Gasteiger partial charge in [-0.15, -0.1) is 12.6 Å². The molecule has 1 radical (unpaired) electrons. The molecule has 0 heterocycles. The number of hydrogen-bond acceptors (Lipinski definition) is 2. The predicted octanol–water partition coefficient (Wildman–Crippen LogP) is 0.305. The third-order valence-corrected chi connectivity index (χ3v) is 0.776. The van der Waals surface area contributed by atoms with Gasteiger partial charge in [0, 0.05) is 28.8 Å². The van der Waals surface area contributed by atoms with E-state index >= 15 is 0 Å². The van der Waals surface area contributed by atoms with E-state index in [9.17, 15) is 9.59 Å². The molecule has 0 aliphatic rings. The van der Waals surface area contributed by atoms with E-state index in [-0.39, 0.29) is 40.3 Å². The first-order valence-electron chi connectivity index (χ1n) is 2.06. The molecule has 0 rings (SSSR count). The molecule has 0 fully saturated rings. The van der Waals surface area contributed by atoms with E-state index in [0.29, 0.717) is 0 Å². The van der Waals surface area contributed by atoms with Crippen molar-refractivity contribution in [2.45, 2.75) is 12.8 Å². The van der Waals surface area contributed by atoms with Gasteiger partial charge in [0.1, 0.15) is 0 Å². The van der Waals surface area contributed by atoms with Gasteiger partial charge in [0.05, 0.1) is 6.42 Å². The molecule has 0 aliphatic heterocycles. The molecule has 0 bridgehead atoms. The van der Waals surface area contributed by atoms with Crippen LogP contribution in [0.15, 0.2) is 0 Å². The van der Waals surface area contributed by atoms with E-state index in [2.05, 4.69) is 12.6 Å². The Morgan fingerprint density at radius 1 is 1.33 bits per heavy atom. The van der Waals surface area contributed by atoms with Crippen molar-refractivity contribution in [2.24, 2.45) is 0 Å². The van der Waals surface area contributed by atoms with Gasteiger partial charge in [0.25, 0.3) is 0 Å². The number of hydrogen-bond donors (Lipinski definition) is 2. The maximum atomic E-state index is 9.95. The Morgan fingerprint density at radius 2 is 1.78 bits per heavy atom. The van der Waals surface area contributed by atoms with Crippen LogP contribution in [0.5, 0.6) is 0 Å². The van der Waals surface area contributed by atoms with Crippen LogP contribution in [0.25, 0.3) is 0 Å². The Balaban J connectivity index is 0. The fourth-order valence-electron chi connectivity index (χ4n) is 0.214. The van der Waals surface area contributed by atoms with Crippen LogP contribution in [0.3, 0.4) is 0 Å². The molecule has 0 amide bonds. The smallest absolute Gasteiger partial charge is 0.303 e. The first kappa shape index (κ1) is 12.0. The van der Waals surface area contributed by atoms with Crippen LogP contribution in [0.1, 0.15) is 12.8 Å². The van der Waals surface area contributed by atoms with Crippen LogP contribution >= 0.6 is 12.6 Å². The van der Waals surface area contributed by atoms with Crippen molar-refractivity contribution in [3.63, 3.8) is 0 Å². The van der Waals surface area contributed by atoms with Crippen LogP contribution in [0, 0.1) is 0 Å². The molecule has 5 heteroatoms. The molecule has 9 heavy (non-hydrogen) atoms. The van der Waals surface area contributed by atoms with Crippen LogP contribution in [-0.2, 0) is 32.0 Å². The fourth-order valence-corrected chi connectivity index (χ4v) is 0.326. The van der Waals surface area contributed by atoms with E-state index in [1.807, 2.05) is 0 Å². The van der Waals surface area contributed by atoms with Crippen molar-refractivity contribution in [3.8, 4) is 0 Å². The van der Waals surface area contributed by atoms with Crippen molar-refractivity contribution >= 4 is 23.7 Å². The van der Waals surface area contributed by atoms with Crippen molar-refractivity contribution in [3.05, 3.63) is 0 Å². The first-order chi connectivity index (χ1) is 3.63. The van der Waals surface area contributed by atoms with E-state index in [1.54, 1.807) is 0 Å². The first-order valence-corrected chi connectivity index (χ1v) is 2.51. The Kier molecular flexibility index (Phi) is 8.44. The van der Waals surface area contributed by atoms with Crippen LogP contribution in [-0.4, -0.2) is 16.2 Å². The zero-order valence-corrected chi connectivity index (χ0v) is 7.49. The van der Waals surface area contributed by atoms with Gasteiger partial charge in [-0.1, -0.05) is 0 Å². The molecule has 1 N–H and O–H groups in total. The summed E-state index contributed by atoms with van der Waals surface area (Å²) in [7, 11) is 0. The third kappa shape index (κ3) is 11.7. The van der Waals surface area contributed by atoms with Gasteiger partial charge in [-0.2, -0.15) is 0 Å². The molecule has 0 aromatic rings. The average Bonchev–Trinajstić information content (AvgIpc) is 1.61. The number of aliphatic carboxylic acids is 1. The van der Waals surface area contributed by atoms with Gasteiger partial charge in [0.2, 0.25) is 0 Å². The number of carboxylic acids is 1. The van der Waals surface area contributed by atoms with Gasteiger partial charge < -0.3 is 5.11 Å². The largest absolute Gasteiger partial charge is 0.481 e. The molecule has 57 valence electrons. The summed E-state index contributed by atoms with van der Waals surface area (Å²) in [4.78, 5) is 19.7. The van der Waals surface area contributed by atoms with Crippen molar-refractivity contribution in [2.75, 3.05) is 0 Å². The Hall–Kier alpha value is 0.230. The monoisotopic (exact) mass is 331 g/mol. The molecule has 0 spiro atoms. The molecular weight excluding hydrogens is 325 g/mol. The van der Waals surface area contributed by atoms with Crippen molar-refractivity contribution in [1.29, 1.82) is 0 Å². The maximum absolute atomic E-state index is 9.95. The SMILES string of the molecule is O=C(O)CCC(=O)S.[Au]. The molecular formula is C4H6AuO3S. The normalized spacial score (nSPS) is 7.67. The Morgan fingerprint density at radius 3 is 1.89 bits per heavy atom. The second kappa shape index (κ2) is 6.35. The summed E-state index contributed by atoms with van der Waals surface area (Å²) in [5.41, 5.74) is 0. The van der Waals surface area contributed by atoms with Crippen LogP contribution in [0.4, 0.5) is 0 Å². The summed E-state index contributed by atoms with van der Waals surface area (Å²) < 4.78 is 0. The fraction of sp³-hybridized carbons (Fsp3) is 0.500. The maximum Gasteiger partial charge on any atom is 0.303 e. The van der Waals surface area contributed by atoms with Crippen LogP contribution < -0.4 is 0 Å². The second-order valence-corrected chi connectivity index (χ2v) is 1.79. The number of carbonyl (C=O) groups is 2. The molecule has 0 aromatic heterocycles. The molecule has 0 aromatic carbocycles. The Bertz CT molecular complexity index is 100. The minimum absolute atomic E-state index is 0. The molecule has 3 nitrogen and oxygen atoms in total. The topological polar surface area (TPSA) is 54.4 Å². The summed E-state index contributed by atoms with van der Waals surface area (Å²) in [6, 6.07) is 0. The van der Waals surface area contributed by atoms with E-state index < -0.39 is 5.97 Å². The second-order valence-electron chi connectivity index (χ2n) is 1.29.